The first kappa shape index (κ1) is 30.4. The largest absolute Gasteiger partial charge is 0.497 e. The van der Waals surface area contributed by atoms with Crippen molar-refractivity contribution in [2.45, 2.75) is 50.2 Å². The van der Waals surface area contributed by atoms with Crippen LogP contribution in [0, 0.1) is 0 Å². The fraction of sp³-hybridized carbons (Fsp3) is 0.353. The minimum Gasteiger partial charge on any atom is -0.497 e. The van der Waals surface area contributed by atoms with E-state index in [4.69, 9.17) is 4.74 Å². The van der Waals surface area contributed by atoms with E-state index in [1.807, 2.05) is 102 Å². The molecule has 0 saturated carbocycles. The second-order valence-electron chi connectivity index (χ2n) is 10.8. The predicted molar refractivity (Wildman–Crippen MR) is 171 cm³/mol. The third-order valence-electron chi connectivity index (χ3n) is 7.91. The molecule has 0 spiro atoms. The molecule has 43 heavy (non-hydrogen) atoms. The molecule has 224 valence electrons. The highest BCUT2D eigenvalue weighted by molar-refractivity contribution is 7.99. The maximum Gasteiger partial charge on any atom is 0.230 e. The number of amides is 2. The van der Waals surface area contributed by atoms with Crippen LogP contribution >= 0.6 is 11.8 Å². The predicted octanol–water partition coefficient (Wildman–Crippen LogP) is 6.07. The molecule has 0 bridgehead atoms. The lowest BCUT2D eigenvalue weighted by atomic mass is 9.94. The lowest BCUT2D eigenvalue weighted by Crippen LogP contribution is -2.56. The van der Waals surface area contributed by atoms with E-state index >= 15 is 0 Å². The summed E-state index contributed by atoms with van der Waals surface area (Å²) in [6.45, 7) is 5.80. The Kier molecular flexibility index (Phi) is 10.1. The number of piperazine rings is 1. The zero-order valence-electron chi connectivity index (χ0n) is 25.1. The molecule has 5 rings (SSSR count). The fourth-order valence-electron chi connectivity index (χ4n) is 5.62. The van der Waals surface area contributed by atoms with E-state index in [1.54, 1.807) is 18.9 Å². The smallest absolute Gasteiger partial charge is 0.230 e. The number of nitrogens with zero attached hydrogens (tertiary/aromatic N) is 5. The Hall–Kier alpha value is -4.11. The van der Waals surface area contributed by atoms with Crippen molar-refractivity contribution in [3.8, 4) is 22.8 Å². The quantitative estimate of drug-likeness (QED) is 0.154. The minimum absolute atomic E-state index is 0.0169. The van der Waals surface area contributed by atoms with E-state index < -0.39 is 0 Å². The molecule has 9 heteroatoms. The Morgan fingerprint density at radius 1 is 0.977 bits per heavy atom. The van der Waals surface area contributed by atoms with Gasteiger partial charge >= 0.3 is 0 Å². The first-order valence-electron chi connectivity index (χ1n) is 14.9. The first-order chi connectivity index (χ1) is 21.0. The number of carbonyl (C=O) groups excluding carboxylic acids is 2. The number of para-hydroxylation sites is 1. The van der Waals surface area contributed by atoms with Crippen LogP contribution in [0.2, 0.25) is 0 Å². The van der Waals surface area contributed by atoms with Crippen LogP contribution in [-0.4, -0.2) is 74.9 Å². The first-order valence-corrected chi connectivity index (χ1v) is 15.9. The summed E-state index contributed by atoms with van der Waals surface area (Å²) in [5.41, 5.74) is 2.94. The number of thioether (sulfide) groups is 1. The second-order valence-corrected chi connectivity index (χ2v) is 11.8. The third kappa shape index (κ3) is 7.10. The van der Waals surface area contributed by atoms with Gasteiger partial charge in [-0.25, -0.2) is 0 Å². The van der Waals surface area contributed by atoms with Crippen molar-refractivity contribution < 1.29 is 14.3 Å². The number of rotatable bonds is 11. The normalized spacial score (nSPS) is 15.7. The number of aromatic nitrogens is 3. The van der Waals surface area contributed by atoms with Gasteiger partial charge < -0.3 is 14.5 Å². The Labute approximate surface area is 258 Å². The van der Waals surface area contributed by atoms with E-state index in [0.29, 0.717) is 26.1 Å². The highest BCUT2D eigenvalue weighted by atomic mass is 32.2. The zero-order chi connectivity index (χ0) is 30.2. The van der Waals surface area contributed by atoms with Crippen LogP contribution in [0.15, 0.2) is 90.1 Å². The van der Waals surface area contributed by atoms with Crippen molar-refractivity contribution in [2.75, 3.05) is 32.5 Å². The molecular formula is C34H39N5O3S. The molecule has 2 unspecified atom stereocenters. The molecule has 1 aliphatic rings. The number of ether oxygens (including phenoxy) is 1. The summed E-state index contributed by atoms with van der Waals surface area (Å²) in [7, 11) is 1.65. The molecular weight excluding hydrogens is 558 g/mol. The van der Waals surface area contributed by atoms with Gasteiger partial charge in [0.05, 0.1) is 13.0 Å². The van der Waals surface area contributed by atoms with Crippen LogP contribution in [0.1, 0.15) is 44.6 Å². The highest BCUT2D eigenvalue weighted by Crippen LogP contribution is 2.30. The van der Waals surface area contributed by atoms with Crippen molar-refractivity contribution >= 4 is 23.6 Å². The topological polar surface area (TPSA) is 80.6 Å². The number of hydrogen-bond donors (Lipinski definition) is 0. The Morgan fingerprint density at radius 2 is 1.72 bits per heavy atom. The average Bonchev–Trinajstić information content (AvgIpc) is 3.48. The van der Waals surface area contributed by atoms with E-state index in [0.717, 1.165) is 52.1 Å². The lowest BCUT2D eigenvalue weighted by Gasteiger charge is -2.41. The molecule has 8 nitrogen and oxygen atoms in total. The lowest BCUT2D eigenvalue weighted by molar-refractivity contribution is -0.143. The van der Waals surface area contributed by atoms with E-state index in [9.17, 15) is 9.59 Å². The van der Waals surface area contributed by atoms with Gasteiger partial charge in [0.1, 0.15) is 5.75 Å². The molecule has 0 aliphatic carbocycles. The van der Waals surface area contributed by atoms with Gasteiger partial charge in [-0.3, -0.25) is 14.2 Å². The summed E-state index contributed by atoms with van der Waals surface area (Å²) in [6, 6.07) is 27.8. The van der Waals surface area contributed by atoms with Crippen LogP contribution < -0.4 is 4.74 Å². The van der Waals surface area contributed by atoms with E-state index in [-0.39, 0.29) is 23.8 Å². The molecule has 2 amide bonds. The number of benzene rings is 3. The summed E-state index contributed by atoms with van der Waals surface area (Å²) in [6.07, 6.45) is 1.93. The van der Waals surface area contributed by atoms with Crippen LogP contribution in [0.5, 0.6) is 5.75 Å². The van der Waals surface area contributed by atoms with Crippen LogP contribution in [0.4, 0.5) is 0 Å². The summed E-state index contributed by atoms with van der Waals surface area (Å²) < 4.78 is 7.47. The fourth-order valence-corrected chi connectivity index (χ4v) is 6.51. The highest BCUT2D eigenvalue weighted by Gasteiger charge is 2.33. The van der Waals surface area contributed by atoms with E-state index in [1.165, 1.54) is 0 Å². The summed E-state index contributed by atoms with van der Waals surface area (Å²) in [5.74, 6) is 2.37. The molecule has 3 aromatic carbocycles. The van der Waals surface area contributed by atoms with Gasteiger partial charge in [-0.05, 0) is 49.6 Å². The zero-order valence-corrected chi connectivity index (χ0v) is 25.9. The Balaban J connectivity index is 1.17. The van der Waals surface area contributed by atoms with Gasteiger partial charge in [-0.15, -0.1) is 10.2 Å². The Morgan fingerprint density at radius 3 is 2.42 bits per heavy atom. The van der Waals surface area contributed by atoms with Gasteiger partial charge in [0, 0.05) is 49.1 Å². The molecule has 1 aromatic heterocycles. The van der Waals surface area contributed by atoms with Crippen molar-refractivity contribution in [1.82, 2.24) is 24.6 Å². The van der Waals surface area contributed by atoms with Crippen LogP contribution in [0.25, 0.3) is 17.1 Å². The van der Waals surface area contributed by atoms with Crippen molar-refractivity contribution in [3.63, 3.8) is 0 Å². The number of carbonyl (C=O) groups is 2. The molecule has 2 atom stereocenters. The molecule has 0 N–H and O–H groups in total. The molecule has 0 radical (unpaired) electrons. The Bertz CT molecular complexity index is 1510. The van der Waals surface area contributed by atoms with Crippen LogP contribution in [-0.2, 0) is 9.59 Å². The van der Waals surface area contributed by atoms with Crippen molar-refractivity contribution in [2.24, 2.45) is 0 Å². The molecule has 2 heterocycles. The third-order valence-corrected chi connectivity index (χ3v) is 8.93. The molecule has 1 aliphatic heterocycles. The van der Waals surface area contributed by atoms with Crippen molar-refractivity contribution in [3.05, 3.63) is 90.5 Å². The average molecular weight is 598 g/mol. The summed E-state index contributed by atoms with van der Waals surface area (Å²) in [4.78, 5) is 30.4. The van der Waals surface area contributed by atoms with Gasteiger partial charge in [0.25, 0.3) is 0 Å². The van der Waals surface area contributed by atoms with Gasteiger partial charge in [-0.1, -0.05) is 79.3 Å². The summed E-state index contributed by atoms with van der Waals surface area (Å²) in [5, 5.41) is 9.81. The second kappa shape index (κ2) is 14.4. The minimum atomic E-state index is -0.148. The molecule has 4 aromatic rings. The maximum absolute atomic E-state index is 13.4. The standard InChI is InChI=1S/C34H39N5O3S/c1-4-30(26-13-7-5-8-14-26)33(41)38-21-20-37(24-25(38)2)31(40)19-12-22-43-34-36-35-32(27-15-11-18-29(23-27)42-3)39(34)28-16-9-6-10-17-28/h5-11,13-18,23,25,30H,4,12,19-22,24H2,1-3H3. The SMILES string of the molecule is CCC(C(=O)N1CCN(C(=O)CCCSc2nnc(-c3cccc(OC)c3)n2-c2ccccc2)CC1C)c1ccccc1. The van der Waals surface area contributed by atoms with Gasteiger partial charge in [0.2, 0.25) is 11.8 Å². The maximum atomic E-state index is 13.4. The number of hydrogen-bond acceptors (Lipinski definition) is 6. The van der Waals surface area contributed by atoms with Gasteiger partial charge in [-0.2, -0.15) is 0 Å². The summed E-state index contributed by atoms with van der Waals surface area (Å²) >= 11 is 1.60. The van der Waals surface area contributed by atoms with E-state index in [2.05, 4.69) is 21.7 Å². The van der Waals surface area contributed by atoms with Crippen LogP contribution in [0.3, 0.4) is 0 Å². The number of methoxy groups -OCH3 is 1. The molecule has 1 fully saturated rings. The van der Waals surface area contributed by atoms with Gasteiger partial charge in [0.15, 0.2) is 11.0 Å². The molecule has 1 saturated heterocycles. The monoisotopic (exact) mass is 597 g/mol. The van der Waals surface area contributed by atoms with Crippen molar-refractivity contribution in [1.29, 1.82) is 0 Å².